The van der Waals surface area contributed by atoms with Crippen LogP contribution in [0.1, 0.15) is 57.7 Å². The molecule has 0 bridgehead atoms. The summed E-state index contributed by atoms with van der Waals surface area (Å²) in [6.07, 6.45) is 6.85. The van der Waals surface area contributed by atoms with Crippen molar-refractivity contribution in [3.63, 3.8) is 0 Å². The number of nitrogens with zero attached hydrogens (tertiary/aromatic N) is 4. The lowest BCUT2D eigenvalue weighted by Gasteiger charge is -2.34. The topological polar surface area (TPSA) is 119 Å². The number of carbonyl (C=O) groups is 2. The number of aryl methyl sites for hydroxylation is 2. The Balaban J connectivity index is 1.34. The predicted molar refractivity (Wildman–Crippen MR) is 129 cm³/mol. The molecule has 1 aromatic heterocycles. The van der Waals surface area contributed by atoms with Gasteiger partial charge in [0.2, 0.25) is 21.8 Å². The highest BCUT2D eigenvalue weighted by molar-refractivity contribution is 7.89. The van der Waals surface area contributed by atoms with Crippen molar-refractivity contribution in [3.05, 3.63) is 24.0 Å². The van der Waals surface area contributed by atoms with Crippen LogP contribution in [0.25, 0.3) is 11.0 Å². The maximum atomic E-state index is 12.9. The number of aromatic nitrogens is 2. The van der Waals surface area contributed by atoms with E-state index in [4.69, 9.17) is 5.14 Å². The summed E-state index contributed by atoms with van der Waals surface area (Å²) in [5.41, 5.74) is 1.38. The molecule has 2 saturated heterocycles. The maximum Gasteiger partial charge on any atom is 0.238 e. The third-order valence-electron chi connectivity index (χ3n) is 7.12. The lowest BCUT2D eigenvalue weighted by atomic mass is 9.95. The summed E-state index contributed by atoms with van der Waals surface area (Å²) >= 11 is 0. The first-order valence-corrected chi connectivity index (χ1v) is 13.9. The number of benzene rings is 1. The summed E-state index contributed by atoms with van der Waals surface area (Å²) < 4.78 is 25.3. The number of nitrogens with two attached hydrogens (primary N) is 1. The number of primary sulfonamides is 1. The Kier molecular flexibility index (Phi) is 7.57. The predicted octanol–water partition coefficient (Wildman–Crippen LogP) is 2.28. The molecule has 0 saturated carbocycles. The number of piperidine rings is 1. The molecule has 0 spiro atoms. The van der Waals surface area contributed by atoms with Gasteiger partial charge in [-0.25, -0.2) is 18.5 Å². The zero-order valence-electron chi connectivity index (χ0n) is 19.9. The number of likely N-dealkylation sites (tertiary alicyclic amines) is 2. The van der Waals surface area contributed by atoms with Crippen LogP contribution in [0.3, 0.4) is 0 Å². The smallest absolute Gasteiger partial charge is 0.238 e. The second kappa shape index (κ2) is 10.4. The minimum absolute atomic E-state index is 0.0273. The molecule has 1 aromatic carbocycles. The van der Waals surface area contributed by atoms with E-state index in [2.05, 4.69) is 4.98 Å². The third kappa shape index (κ3) is 5.43. The van der Waals surface area contributed by atoms with E-state index in [0.717, 1.165) is 50.1 Å². The van der Waals surface area contributed by atoms with Crippen molar-refractivity contribution in [2.45, 2.75) is 69.7 Å². The van der Waals surface area contributed by atoms with Crippen molar-refractivity contribution in [3.8, 4) is 0 Å². The summed E-state index contributed by atoms with van der Waals surface area (Å²) in [4.78, 5) is 34.3. The first-order chi connectivity index (χ1) is 16.3. The van der Waals surface area contributed by atoms with Crippen molar-refractivity contribution in [2.24, 2.45) is 11.1 Å². The molecule has 186 valence electrons. The summed E-state index contributed by atoms with van der Waals surface area (Å²) in [6.45, 7) is 5.63. The summed E-state index contributed by atoms with van der Waals surface area (Å²) in [6, 6.07) is 4.68. The average molecular weight is 490 g/mol. The molecular weight excluding hydrogens is 454 g/mol. The molecule has 9 nitrogen and oxygen atoms in total. The van der Waals surface area contributed by atoms with Crippen molar-refractivity contribution < 1.29 is 18.0 Å². The Labute approximate surface area is 201 Å². The standard InChI is InChI=1S/C24H35N5O4S/c1-2-29-21-8-7-19(34(25,32)33)17-20(21)26-22(29)9-10-23(30)27-15-11-18(12-16-27)24(31)28-13-5-3-4-6-14-28/h7-8,17-18H,2-6,9-16H2,1H3,(H2,25,32,33). The number of hydrogen-bond donors (Lipinski definition) is 1. The molecule has 4 rings (SSSR count). The Morgan fingerprint density at radius 2 is 1.71 bits per heavy atom. The molecule has 0 unspecified atom stereocenters. The minimum atomic E-state index is -3.80. The van der Waals surface area contributed by atoms with Gasteiger partial charge in [-0.3, -0.25) is 9.59 Å². The van der Waals surface area contributed by atoms with Crippen molar-refractivity contribution in [1.29, 1.82) is 0 Å². The number of rotatable bonds is 6. The first kappa shape index (κ1) is 24.7. The van der Waals surface area contributed by atoms with Crippen LogP contribution < -0.4 is 5.14 Å². The van der Waals surface area contributed by atoms with E-state index in [1.807, 2.05) is 21.3 Å². The lowest BCUT2D eigenvalue weighted by molar-refractivity contribution is -0.140. The monoisotopic (exact) mass is 489 g/mol. The van der Waals surface area contributed by atoms with E-state index in [9.17, 15) is 18.0 Å². The summed E-state index contributed by atoms with van der Waals surface area (Å²) in [7, 11) is -3.80. The third-order valence-corrected chi connectivity index (χ3v) is 8.03. The van der Waals surface area contributed by atoms with Crippen LogP contribution in [0.5, 0.6) is 0 Å². The van der Waals surface area contributed by atoms with Crippen LogP contribution in [-0.2, 0) is 32.6 Å². The molecule has 0 radical (unpaired) electrons. The van der Waals surface area contributed by atoms with Crippen LogP contribution in [0.2, 0.25) is 0 Å². The molecular formula is C24H35N5O4S. The van der Waals surface area contributed by atoms with Gasteiger partial charge in [-0.1, -0.05) is 12.8 Å². The van der Waals surface area contributed by atoms with Gasteiger partial charge >= 0.3 is 0 Å². The Morgan fingerprint density at radius 1 is 1.03 bits per heavy atom. The fourth-order valence-electron chi connectivity index (χ4n) is 5.18. The number of sulfonamides is 1. The highest BCUT2D eigenvalue weighted by atomic mass is 32.2. The number of fused-ring (bicyclic) bond motifs is 1. The summed E-state index contributed by atoms with van der Waals surface area (Å²) in [5, 5.41) is 5.25. The van der Waals surface area contributed by atoms with Gasteiger partial charge in [-0.2, -0.15) is 0 Å². The van der Waals surface area contributed by atoms with Crippen LogP contribution >= 0.6 is 0 Å². The molecule has 2 aromatic rings. The van der Waals surface area contributed by atoms with E-state index in [-0.39, 0.29) is 22.6 Å². The molecule has 2 aliphatic heterocycles. The van der Waals surface area contributed by atoms with Gasteiger partial charge in [0.05, 0.1) is 15.9 Å². The zero-order valence-corrected chi connectivity index (χ0v) is 20.7. The highest BCUT2D eigenvalue weighted by Crippen LogP contribution is 2.24. The molecule has 34 heavy (non-hydrogen) atoms. The number of imidazole rings is 1. The van der Waals surface area contributed by atoms with Crippen LogP contribution in [0.15, 0.2) is 23.1 Å². The van der Waals surface area contributed by atoms with Crippen molar-refractivity contribution >= 4 is 32.9 Å². The average Bonchev–Trinajstić information content (AvgIpc) is 2.97. The van der Waals surface area contributed by atoms with E-state index in [1.165, 1.54) is 25.0 Å². The van der Waals surface area contributed by atoms with Gasteiger partial charge in [-0.15, -0.1) is 0 Å². The Morgan fingerprint density at radius 3 is 2.32 bits per heavy atom. The molecule has 2 amide bonds. The lowest BCUT2D eigenvalue weighted by Crippen LogP contribution is -2.44. The number of hydrogen-bond acceptors (Lipinski definition) is 5. The van der Waals surface area contributed by atoms with Gasteiger partial charge in [0.25, 0.3) is 0 Å². The molecule has 0 aliphatic carbocycles. The Hall–Kier alpha value is -2.46. The molecule has 0 atom stereocenters. The van der Waals surface area contributed by atoms with Gasteiger partial charge in [0.15, 0.2) is 0 Å². The molecule has 2 fully saturated rings. The fourth-order valence-corrected chi connectivity index (χ4v) is 5.72. The van der Waals surface area contributed by atoms with Crippen molar-refractivity contribution in [1.82, 2.24) is 19.4 Å². The van der Waals surface area contributed by atoms with E-state index >= 15 is 0 Å². The zero-order chi connectivity index (χ0) is 24.3. The van der Waals surface area contributed by atoms with E-state index < -0.39 is 10.0 Å². The van der Waals surface area contributed by atoms with Crippen LogP contribution in [0.4, 0.5) is 0 Å². The summed E-state index contributed by atoms with van der Waals surface area (Å²) in [5.74, 6) is 1.12. The second-order valence-electron chi connectivity index (χ2n) is 9.36. The Bertz CT molecular complexity index is 1140. The number of carbonyl (C=O) groups excluding carboxylic acids is 2. The normalized spacial score (nSPS) is 18.3. The van der Waals surface area contributed by atoms with E-state index in [1.54, 1.807) is 6.07 Å². The quantitative estimate of drug-likeness (QED) is 0.668. The fraction of sp³-hybridized carbons (Fsp3) is 0.625. The van der Waals surface area contributed by atoms with Gasteiger partial charge in [-0.05, 0) is 50.8 Å². The maximum absolute atomic E-state index is 12.9. The molecule has 2 aliphatic rings. The number of amides is 2. The second-order valence-corrected chi connectivity index (χ2v) is 10.9. The first-order valence-electron chi connectivity index (χ1n) is 12.4. The van der Waals surface area contributed by atoms with Gasteiger partial charge < -0.3 is 14.4 Å². The minimum Gasteiger partial charge on any atom is -0.343 e. The molecule has 2 N–H and O–H groups in total. The van der Waals surface area contributed by atoms with Gasteiger partial charge in [0, 0.05) is 51.5 Å². The van der Waals surface area contributed by atoms with Gasteiger partial charge in [0.1, 0.15) is 5.82 Å². The van der Waals surface area contributed by atoms with Crippen LogP contribution in [-0.4, -0.2) is 65.8 Å². The van der Waals surface area contributed by atoms with Crippen molar-refractivity contribution in [2.75, 3.05) is 26.2 Å². The SMILES string of the molecule is CCn1c(CCC(=O)N2CCC(C(=O)N3CCCCCC3)CC2)nc2cc(S(N)(=O)=O)ccc21. The van der Waals surface area contributed by atoms with Crippen LogP contribution in [0, 0.1) is 5.92 Å². The highest BCUT2D eigenvalue weighted by Gasteiger charge is 2.30. The molecule has 3 heterocycles. The largest absolute Gasteiger partial charge is 0.343 e. The molecule has 10 heteroatoms. The van der Waals surface area contributed by atoms with E-state index in [0.29, 0.717) is 38.0 Å².